The molecule has 0 saturated carbocycles. The summed E-state index contributed by atoms with van der Waals surface area (Å²) in [6.45, 7) is 6.02. The smallest absolute Gasteiger partial charge is 0.322 e. The van der Waals surface area contributed by atoms with E-state index in [4.69, 9.17) is 4.74 Å². The van der Waals surface area contributed by atoms with Crippen molar-refractivity contribution in [3.63, 3.8) is 0 Å². The predicted octanol–water partition coefficient (Wildman–Crippen LogP) is 2.89. The zero-order valence-electron chi connectivity index (χ0n) is 16.1. The second-order valence-electron chi connectivity index (χ2n) is 7.44. The van der Waals surface area contributed by atoms with E-state index < -0.39 is 10.0 Å². The van der Waals surface area contributed by atoms with Gasteiger partial charge in [-0.1, -0.05) is 18.9 Å². The summed E-state index contributed by atoms with van der Waals surface area (Å²) in [5.41, 5.74) is 0.489. The summed E-state index contributed by atoms with van der Waals surface area (Å²) in [4.78, 5) is 14.5. The summed E-state index contributed by atoms with van der Waals surface area (Å²) in [5, 5.41) is 2.83. The van der Waals surface area contributed by atoms with Crippen LogP contribution in [-0.4, -0.2) is 62.0 Å². The number of rotatable bonds is 3. The van der Waals surface area contributed by atoms with E-state index in [1.165, 1.54) is 0 Å². The van der Waals surface area contributed by atoms with Gasteiger partial charge in [0, 0.05) is 31.9 Å². The molecule has 2 aliphatic rings. The van der Waals surface area contributed by atoms with Gasteiger partial charge >= 0.3 is 6.03 Å². The van der Waals surface area contributed by atoms with Gasteiger partial charge < -0.3 is 15.0 Å². The molecular formula is C19H29N3O4S. The summed E-state index contributed by atoms with van der Waals surface area (Å²) in [7, 11) is -3.54. The van der Waals surface area contributed by atoms with Gasteiger partial charge in [-0.3, -0.25) is 0 Å². The Hall–Kier alpha value is -1.64. The van der Waals surface area contributed by atoms with E-state index in [0.717, 1.165) is 25.7 Å². The lowest BCUT2D eigenvalue weighted by Gasteiger charge is -2.35. The zero-order valence-corrected chi connectivity index (χ0v) is 16.9. The van der Waals surface area contributed by atoms with Crippen LogP contribution in [0.2, 0.25) is 0 Å². The third kappa shape index (κ3) is 5.00. The molecule has 2 fully saturated rings. The van der Waals surface area contributed by atoms with Gasteiger partial charge in [0.1, 0.15) is 0 Å². The number of urea groups is 1. The number of nitrogens with zero attached hydrogens (tertiary/aromatic N) is 2. The average Bonchev–Trinajstić information content (AvgIpc) is 2.91. The Morgan fingerprint density at radius 3 is 2.33 bits per heavy atom. The molecule has 27 heavy (non-hydrogen) atoms. The van der Waals surface area contributed by atoms with Crippen LogP contribution in [0.15, 0.2) is 29.2 Å². The van der Waals surface area contributed by atoms with Crippen molar-refractivity contribution in [2.24, 2.45) is 0 Å². The van der Waals surface area contributed by atoms with Crippen molar-refractivity contribution in [1.82, 2.24) is 9.21 Å². The van der Waals surface area contributed by atoms with Gasteiger partial charge in [0.05, 0.1) is 17.1 Å². The van der Waals surface area contributed by atoms with Crippen LogP contribution in [-0.2, 0) is 14.8 Å². The van der Waals surface area contributed by atoms with Crippen LogP contribution >= 0.6 is 0 Å². The summed E-state index contributed by atoms with van der Waals surface area (Å²) in [6, 6.07) is 6.29. The van der Waals surface area contributed by atoms with E-state index >= 15 is 0 Å². The van der Waals surface area contributed by atoms with Crippen LogP contribution in [0.1, 0.15) is 39.5 Å². The van der Waals surface area contributed by atoms with Gasteiger partial charge in [-0.05, 0) is 44.9 Å². The topological polar surface area (TPSA) is 79.0 Å². The van der Waals surface area contributed by atoms with Crippen LogP contribution in [0, 0.1) is 0 Å². The normalized spacial score (nSPS) is 25.0. The highest BCUT2D eigenvalue weighted by Crippen LogP contribution is 2.23. The van der Waals surface area contributed by atoms with E-state index in [9.17, 15) is 13.2 Å². The van der Waals surface area contributed by atoms with Gasteiger partial charge in [0.2, 0.25) is 10.0 Å². The van der Waals surface area contributed by atoms with Crippen LogP contribution in [0.3, 0.4) is 0 Å². The number of benzene rings is 1. The number of nitrogens with one attached hydrogen (secondary N) is 1. The van der Waals surface area contributed by atoms with Crippen molar-refractivity contribution in [1.29, 1.82) is 0 Å². The van der Waals surface area contributed by atoms with Crippen molar-refractivity contribution in [3.05, 3.63) is 24.3 Å². The highest BCUT2D eigenvalue weighted by atomic mass is 32.2. The van der Waals surface area contributed by atoms with Gasteiger partial charge in [0.15, 0.2) is 0 Å². The molecule has 2 atom stereocenters. The van der Waals surface area contributed by atoms with Crippen LogP contribution in [0.4, 0.5) is 10.5 Å². The van der Waals surface area contributed by atoms with Gasteiger partial charge in [0.25, 0.3) is 0 Å². The van der Waals surface area contributed by atoms with E-state index in [1.807, 2.05) is 13.8 Å². The minimum atomic E-state index is -3.54. The molecule has 2 unspecified atom stereocenters. The van der Waals surface area contributed by atoms with Crippen LogP contribution in [0.25, 0.3) is 0 Å². The molecule has 2 amide bonds. The van der Waals surface area contributed by atoms with Crippen molar-refractivity contribution < 1.29 is 17.9 Å². The maximum absolute atomic E-state index is 13.0. The molecule has 2 saturated heterocycles. The Labute approximate surface area is 161 Å². The maximum Gasteiger partial charge on any atom is 0.322 e. The van der Waals surface area contributed by atoms with Crippen molar-refractivity contribution >= 4 is 21.7 Å². The molecule has 3 rings (SSSR count). The summed E-state index contributed by atoms with van der Waals surface area (Å²) in [6.07, 6.45) is 3.88. The standard InChI is InChI=1S/C19H29N3O4S/c1-15-13-21(14-16(2)26-15)19(23)20-17-8-7-9-18(12-17)27(24,25)22-10-5-3-4-6-11-22/h7-9,12,15-16H,3-6,10-11,13-14H2,1-2H3,(H,20,23). The predicted molar refractivity (Wildman–Crippen MR) is 104 cm³/mol. The Morgan fingerprint density at radius 1 is 1.07 bits per heavy atom. The summed E-state index contributed by atoms with van der Waals surface area (Å²) in [5.74, 6) is 0. The molecule has 8 heteroatoms. The van der Waals surface area contributed by atoms with E-state index in [1.54, 1.807) is 33.5 Å². The minimum absolute atomic E-state index is 0.0192. The highest BCUT2D eigenvalue weighted by Gasteiger charge is 2.27. The molecule has 1 aromatic carbocycles. The second-order valence-corrected chi connectivity index (χ2v) is 9.38. The zero-order chi connectivity index (χ0) is 19.4. The summed E-state index contributed by atoms with van der Waals surface area (Å²) < 4.78 is 33.1. The molecule has 0 spiro atoms. The average molecular weight is 396 g/mol. The van der Waals surface area contributed by atoms with Crippen LogP contribution in [0.5, 0.6) is 0 Å². The maximum atomic E-state index is 13.0. The van der Waals surface area contributed by atoms with Crippen molar-refractivity contribution in [3.8, 4) is 0 Å². The largest absolute Gasteiger partial charge is 0.372 e. The van der Waals surface area contributed by atoms with E-state index in [2.05, 4.69) is 5.32 Å². The minimum Gasteiger partial charge on any atom is -0.372 e. The first-order valence-corrected chi connectivity index (χ1v) is 11.1. The van der Waals surface area contributed by atoms with Gasteiger partial charge in [-0.25, -0.2) is 13.2 Å². The highest BCUT2D eigenvalue weighted by molar-refractivity contribution is 7.89. The van der Waals surface area contributed by atoms with Gasteiger partial charge in [-0.2, -0.15) is 4.31 Å². The molecule has 0 aromatic heterocycles. The third-order valence-corrected chi connectivity index (χ3v) is 6.89. The molecular weight excluding hydrogens is 366 g/mol. The van der Waals surface area contributed by atoms with Gasteiger partial charge in [-0.15, -0.1) is 0 Å². The summed E-state index contributed by atoms with van der Waals surface area (Å²) >= 11 is 0. The molecule has 1 aromatic rings. The molecule has 0 radical (unpaired) electrons. The lowest BCUT2D eigenvalue weighted by Crippen LogP contribution is -2.49. The molecule has 0 bridgehead atoms. The second kappa shape index (κ2) is 8.58. The SMILES string of the molecule is CC1CN(C(=O)Nc2cccc(S(=O)(=O)N3CCCCCC3)c2)CC(C)O1. The number of ether oxygens (including phenoxy) is 1. The number of sulfonamides is 1. The number of hydrogen-bond acceptors (Lipinski definition) is 4. The number of morpholine rings is 1. The van der Waals surface area contributed by atoms with Crippen molar-refractivity contribution in [2.45, 2.75) is 56.6 Å². The monoisotopic (exact) mass is 395 g/mol. The number of carbonyl (C=O) groups is 1. The Balaban J connectivity index is 1.72. The molecule has 2 heterocycles. The number of carbonyl (C=O) groups excluding carboxylic acids is 1. The number of hydrogen-bond donors (Lipinski definition) is 1. The van der Waals surface area contributed by atoms with E-state index in [-0.39, 0.29) is 23.1 Å². The molecule has 2 aliphatic heterocycles. The first-order chi connectivity index (χ1) is 12.9. The van der Waals surface area contributed by atoms with E-state index in [0.29, 0.717) is 31.9 Å². The fourth-order valence-electron chi connectivity index (χ4n) is 3.71. The van der Waals surface area contributed by atoms with Crippen LogP contribution < -0.4 is 5.32 Å². The molecule has 1 N–H and O–H groups in total. The molecule has 0 aliphatic carbocycles. The third-order valence-electron chi connectivity index (χ3n) is 4.99. The molecule has 7 nitrogen and oxygen atoms in total. The Kier molecular flexibility index (Phi) is 6.39. The first-order valence-electron chi connectivity index (χ1n) is 9.68. The Morgan fingerprint density at radius 2 is 1.70 bits per heavy atom. The first kappa shape index (κ1) is 20.1. The Bertz CT molecular complexity index is 750. The lowest BCUT2D eigenvalue weighted by molar-refractivity contribution is -0.0530. The number of amides is 2. The number of anilines is 1. The van der Waals surface area contributed by atoms with Crippen molar-refractivity contribution in [2.75, 3.05) is 31.5 Å². The fraction of sp³-hybridized carbons (Fsp3) is 0.632. The fourth-order valence-corrected chi connectivity index (χ4v) is 5.28. The quantitative estimate of drug-likeness (QED) is 0.853. The lowest BCUT2D eigenvalue weighted by atomic mass is 10.2. The molecule has 150 valence electrons.